The van der Waals surface area contributed by atoms with Crippen molar-refractivity contribution in [1.29, 1.82) is 0 Å². The lowest BCUT2D eigenvalue weighted by atomic mass is 10.0. The number of rotatable bonds is 5. The topological polar surface area (TPSA) is 84.9 Å². The first kappa shape index (κ1) is 21.3. The Kier molecular flexibility index (Phi) is 7.70. The normalized spacial score (nSPS) is 20.0. The van der Waals surface area contributed by atoms with Crippen LogP contribution in [0.1, 0.15) is 60.3 Å². The SMILES string of the molecule is COC(=O)[C@H](CC(C)C)N1CCCC[C@H](NC(=O)OC(C)(C)C)C1=O. The third kappa shape index (κ3) is 6.92. The number of hydrogen-bond acceptors (Lipinski definition) is 5. The summed E-state index contributed by atoms with van der Waals surface area (Å²) in [5.74, 6) is -0.434. The van der Waals surface area contributed by atoms with E-state index in [0.29, 0.717) is 19.4 Å². The summed E-state index contributed by atoms with van der Waals surface area (Å²) < 4.78 is 10.1. The van der Waals surface area contributed by atoms with Crippen LogP contribution in [0.2, 0.25) is 0 Å². The number of alkyl carbamates (subject to hydrolysis) is 1. The molecule has 1 aliphatic heterocycles. The third-order valence-corrected chi connectivity index (χ3v) is 3.96. The van der Waals surface area contributed by atoms with Crippen molar-refractivity contribution in [3.8, 4) is 0 Å². The van der Waals surface area contributed by atoms with Crippen molar-refractivity contribution in [3.05, 3.63) is 0 Å². The fraction of sp³-hybridized carbons (Fsp3) is 0.833. The monoisotopic (exact) mass is 356 g/mol. The van der Waals surface area contributed by atoms with Gasteiger partial charge in [-0.15, -0.1) is 0 Å². The van der Waals surface area contributed by atoms with E-state index in [9.17, 15) is 14.4 Å². The molecule has 0 aromatic rings. The number of likely N-dealkylation sites (tertiary alicyclic amines) is 1. The standard InChI is InChI=1S/C18H32N2O5/c1-12(2)11-14(16(22)24-6)20-10-8-7-9-13(15(20)21)19-17(23)25-18(3,4)5/h12-14H,7-11H2,1-6H3,(H,19,23)/t13-,14-/m0/s1. The molecule has 0 bridgehead atoms. The minimum atomic E-state index is -0.684. The molecule has 1 aliphatic rings. The highest BCUT2D eigenvalue weighted by Gasteiger charge is 2.37. The van der Waals surface area contributed by atoms with Crippen LogP contribution in [0.3, 0.4) is 0 Å². The second-order valence-corrected chi connectivity index (χ2v) is 7.89. The Labute approximate surface area is 150 Å². The van der Waals surface area contributed by atoms with Crippen molar-refractivity contribution in [1.82, 2.24) is 10.2 Å². The van der Waals surface area contributed by atoms with E-state index in [1.54, 1.807) is 25.7 Å². The zero-order chi connectivity index (χ0) is 19.2. The van der Waals surface area contributed by atoms with Gasteiger partial charge in [0.15, 0.2) is 0 Å². The van der Waals surface area contributed by atoms with E-state index < -0.39 is 29.7 Å². The molecule has 1 saturated heterocycles. The van der Waals surface area contributed by atoms with E-state index in [4.69, 9.17) is 9.47 Å². The molecule has 2 atom stereocenters. The van der Waals surface area contributed by atoms with Crippen molar-refractivity contribution in [2.75, 3.05) is 13.7 Å². The van der Waals surface area contributed by atoms with Crippen molar-refractivity contribution < 1.29 is 23.9 Å². The molecule has 1 rings (SSSR count). The Balaban J connectivity index is 2.91. The highest BCUT2D eigenvalue weighted by molar-refractivity contribution is 5.90. The Morgan fingerprint density at radius 2 is 1.92 bits per heavy atom. The molecule has 0 aromatic heterocycles. The summed E-state index contributed by atoms with van der Waals surface area (Å²) in [6.07, 6.45) is 2.01. The van der Waals surface area contributed by atoms with Gasteiger partial charge in [-0.05, 0) is 52.4 Å². The fourth-order valence-corrected chi connectivity index (χ4v) is 2.89. The molecule has 1 fully saturated rings. The first-order valence-electron chi connectivity index (χ1n) is 8.93. The van der Waals surface area contributed by atoms with Crippen LogP contribution in [0, 0.1) is 5.92 Å². The van der Waals surface area contributed by atoms with Gasteiger partial charge in [0.05, 0.1) is 7.11 Å². The quantitative estimate of drug-likeness (QED) is 0.765. The van der Waals surface area contributed by atoms with E-state index in [-0.39, 0.29) is 11.8 Å². The van der Waals surface area contributed by atoms with Crippen molar-refractivity contribution in [3.63, 3.8) is 0 Å². The highest BCUT2D eigenvalue weighted by atomic mass is 16.6. The van der Waals surface area contributed by atoms with Gasteiger partial charge in [0.1, 0.15) is 17.7 Å². The molecule has 0 unspecified atom stereocenters. The van der Waals surface area contributed by atoms with E-state index >= 15 is 0 Å². The van der Waals surface area contributed by atoms with Crippen LogP contribution in [0.4, 0.5) is 4.79 Å². The van der Waals surface area contributed by atoms with Gasteiger partial charge in [-0.1, -0.05) is 13.8 Å². The Hall–Kier alpha value is -1.79. The molecule has 7 heteroatoms. The summed E-state index contributed by atoms with van der Waals surface area (Å²) in [4.78, 5) is 38.7. The van der Waals surface area contributed by atoms with Crippen molar-refractivity contribution >= 4 is 18.0 Å². The zero-order valence-corrected chi connectivity index (χ0v) is 16.3. The number of carbonyl (C=O) groups is 3. The maximum absolute atomic E-state index is 12.9. The van der Waals surface area contributed by atoms with Crippen LogP contribution in [0.5, 0.6) is 0 Å². The second kappa shape index (κ2) is 9.06. The number of hydrogen-bond donors (Lipinski definition) is 1. The van der Waals surface area contributed by atoms with Crippen molar-refractivity contribution in [2.45, 2.75) is 78.0 Å². The largest absolute Gasteiger partial charge is 0.467 e. The maximum atomic E-state index is 12.9. The molecule has 7 nitrogen and oxygen atoms in total. The van der Waals surface area contributed by atoms with Crippen molar-refractivity contribution in [2.24, 2.45) is 5.92 Å². The van der Waals surface area contributed by atoms with Gasteiger partial charge in [0.25, 0.3) is 0 Å². The minimum Gasteiger partial charge on any atom is -0.467 e. The van der Waals surface area contributed by atoms with Gasteiger partial charge in [0.2, 0.25) is 5.91 Å². The number of esters is 1. The van der Waals surface area contributed by atoms with Crippen LogP contribution in [0.15, 0.2) is 0 Å². The van der Waals surface area contributed by atoms with E-state index in [1.807, 2.05) is 13.8 Å². The number of methoxy groups -OCH3 is 1. The first-order valence-corrected chi connectivity index (χ1v) is 8.93. The molecule has 144 valence electrons. The summed E-state index contributed by atoms with van der Waals surface area (Å²) in [5, 5.41) is 2.66. The van der Waals surface area contributed by atoms with Gasteiger partial charge in [-0.3, -0.25) is 4.79 Å². The predicted molar refractivity (Wildman–Crippen MR) is 94.0 cm³/mol. The maximum Gasteiger partial charge on any atom is 0.408 e. The highest BCUT2D eigenvalue weighted by Crippen LogP contribution is 2.20. The zero-order valence-electron chi connectivity index (χ0n) is 16.3. The summed E-state index contributed by atoms with van der Waals surface area (Å²) in [6.45, 7) is 9.78. The van der Waals surface area contributed by atoms with E-state index in [0.717, 1.165) is 12.8 Å². The van der Waals surface area contributed by atoms with E-state index in [1.165, 1.54) is 7.11 Å². The number of ether oxygens (including phenoxy) is 2. The average Bonchev–Trinajstić information content (AvgIpc) is 2.65. The molecule has 0 spiro atoms. The Morgan fingerprint density at radius 1 is 1.28 bits per heavy atom. The van der Waals surface area contributed by atoms with Gasteiger partial charge in [-0.25, -0.2) is 9.59 Å². The molecule has 2 amide bonds. The van der Waals surface area contributed by atoms with Gasteiger partial charge < -0.3 is 19.7 Å². The number of amides is 2. The van der Waals surface area contributed by atoms with Crippen LogP contribution in [0.25, 0.3) is 0 Å². The fourth-order valence-electron chi connectivity index (χ4n) is 2.89. The number of carbonyl (C=O) groups excluding carboxylic acids is 3. The Morgan fingerprint density at radius 3 is 2.44 bits per heavy atom. The Bertz CT molecular complexity index is 484. The molecule has 0 aliphatic carbocycles. The molecule has 0 saturated carbocycles. The molecular weight excluding hydrogens is 324 g/mol. The lowest BCUT2D eigenvalue weighted by Crippen LogP contribution is -2.54. The summed E-state index contributed by atoms with van der Waals surface area (Å²) in [6, 6.07) is -1.31. The molecule has 1 heterocycles. The number of nitrogens with zero attached hydrogens (tertiary/aromatic N) is 1. The summed E-state index contributed by atoms with van der Waals surface area (Å²) >= 11 is 0. The average molecular weight is 356 g/mol. The van der Waals surface area contributed by atoms with Gasteiger partial charge in [-0.2, -0.15) is 0 Å². The summed E-state index contributed by atoms with van der Waals surface area (Å²) in [5.41, 5.74) is -0.635. The minimum absolute atomic E-state index is 0.234. The predicted octanol–water partition coefficient (Wildman–Crippen LogP) is 2.48. The lowest BCUT2D eigenvalue weighted by molar-refractivity contribution is -0.154. The molecule has 0 radical (unpaired) electrons. The third-order valence-electron chi connectivity index (χ3n) is 3.96. The van der Waals surface area contributed by atoms with Crippen LogP contribution >= 0.6 is 0 Å². The van der Waals surface area contributed by atoms with Crippen LogP contribution in [-0.4, -0.2) is 54.2 Å². The van der Waals surface area contributed by atoms with Crippen LogP contribution < -0.4 is 5.32 Å². The molecule has 0 aromatic carbocycles. The first-order chi connectivity index (χ1) is 11.5. The number of nitrogens with one attached hydrogen (secondary N) is 1. The smallest absolute Gasteiger partial charge is 0.408 e. The second-order valence-electron chi connectivity index (χ2n) is 7.89. The van der Waals surface area contributed by atoms with Gasteiger partial charge >= 0.3 is 12.1 Å². The van der Waals surface area contributed by atoms with Gasteiger partial charge in [0, 0.05) is 6.54 Å². The summed E-state index contributed by atoms with van der Waals surface area (Å²) in [7, 11) is 1.33. The van der Waals surface area contributed by atoms with Crippen LogP contribution in [-0.2, 0) is 19.1 Å². The molecular formula is C18H32N2O5. The molecule has 1 N–H and O–H groups in total. The lowest BCUT2D eigenvalue weighted by Gasteiger charge is -2.32. The van der Waals surface area contributed by atoms with E-state index in [2.05, 4.69) is 5.32 Å². The molecule has 25 heavy (non-hydrogen) atoms.